The van der Waals surface area contributed by atoms with Crippen molar-refractivity contribution in [2.24, 2.45) is 0 Å². The summed E-state index contributed by atoms with van der Waals surface area (Å²) >= 11 is 0. The standard InChI is InChI=1S/C9H7BO4/c11-5-8-4-6-3-7(10(12)13)1-2-9(6)14-8/h1-5,12-13H. The van der Waals surface area contributed by atoms with E-state index in [0.29, 0.717) is 22.7 Å². The number of benzene rings is 1. The molecule has 2 N–H and O–H groups in total. The molecule has 0 unspecified atom stereocenters. The molecule has 4 nitrogen and oxygen atoms in total. The molecule has 1 heterocycles. The maximum atomic E-state index is 10.4. The van der Waals surface area contributed by atoms with Crippen LogP contribution in [-0.4, -0.2) is 23.5 Å². The quantitative estimate of drug-likeness (QED) is 0.513. The van der Waals surface area contributed by atoms with Crippen LogP contribution in [0.2, 0.25) is 0 Å². The third-order valence-electron chi connectivity index (χ3n) is 1.97. The van der Waals surface area contributed by atoms with Gasteiger partial charge in [-0.05, 0) is 17.6 Å². The summed E-state index contributed by atoms with van der Waals surface area (Å²) in [5, 5.41) is 18.5. The highest BCUT2D eigenvalue weighted by Gasteiger charge is 2.12. The van der Waals surface area contributed by atoms with Gasteiger partial charge in [-0.2, -0.15) is 0 Å². The molecule has 0 saturated carbocycles. The van der Waals surface area contributed by atoms with E-state index in [1.54, 1.807) is 18.2 Å². The highest BCUT2D eigenvalue weighted by atomic mass is 16.4. The molecule has 1 aromatic carbocycles. The van der Waals surface area contributed by atoms with Gasteiger partial charge in [0.2, 0.25) is 0 Å². The molecule has 0 aliphatic heterocycles. The molecule has 5 heteroatoms. The molecule has 70 valence electrons. The van der Waals surface area contributed by atoms with E-state index in [2.05, 4.69) is 0 Å². The van der Waals surface area contributed by atoms with Crippen LogP contribution in [0.3, 0.4) is 0 Å². The minimum Gasteiger partial charge on any atom is -0.453 e. The fraction of sp³-hybridized carbons (Fsp3) is 0. The Bertz CT molecular complexity index is 475. The van der Waals surface area contributed by atoms with Crippen molar-refractivity contribution in [1.82, 2.24) is 0 Å². The normalized spacial score (nSPS) is 10.4. The van der Waals surface area contributed by atoms with Gasteiger partial charge in [0.15, 0.2) is 12.0 Å². The molecule has 0 aliphatic rings. The lowest BCUT2D eigenvalue weighted by Gasteiger charge is -1.96. The lowest BCUT2D eigenvalue weighted by molar-refractivity contribution is 0.110. The van der Waals surface area contributed by atoms with E-state index in [1.807, 2.05) is 0 Å². The number of carbonyl (C=O) groups is 1. The first-order chi connectivity index (χ1) is 6.70. The Morgan fingerprint density at radius 1 is 1.29 bits per heavy atom. The molecule has 2 rings (SSSR count). The van der Waals surface area contributed by atoms with Crippen molar-refractivity contribution >= 4 is 29.8 Å². The zero-order valence-electron chi connectivity index (χ0n) is 7.18. The van der Waals surface area contributed by atoms with Gasteiger partial charge < -0.3 is 14.5 Å². The van der Waals surface area contributed by atoms with Gasteiger partial charge in [-0.25, -0.2) is 0 Å². The zero-order valence-corrected chi connectivity index (χ0v) is 7.18. The molecular formula is C9H7BO4. The molecule has 0 saturated heterocycles. The van der Waals surface area contributed by atoms with Gasteiger partial charge in [0.25, 0.3) is 0 Å². The predicted octanol–water partition coefficient (Wildman–Crippen LogP) is -0.0749. The second kappa shape index (κ2) is 3.28. The molecule has 0 amide bonds. The van der Waals surface area contributed by atoms with Crippen molar-refractivity contribution < 1.29 is 19.3 Å². The molecule has 0 fully saturated rings. The van der Waals surface area contributed by atoms with Crippen molar-refractivity contribution in [3.05, 3.63) is 30.0 Å². The van der Waals surface area contributed by atoms with Crippen LogP contribution < -0.4 is 5.46 Å². The van der Waals surface area contributed by atoms with Crippen LogP contribution in [0.4, 0.5) is 0 Å². The average molecular weight is 190 g/mol. The van der Waals surface area contributed by atoms with Gasteiger partial charge in [-0.3, -0.25) is 4.79 Å². The summed E-state index contributed by atoms with van der Waals surface area (Å²) in [6, 6.07) is 6.24. The molecule has 1 aromatic heterocycles. The zero-order chi connectivity index (χ0) is 10.1. The van der Waals surface area contributed by atoms with Crippen LogP contribution in [0.25, 0.3) is 11.0 Å². The van der Waals surface area contributed by atoms with Gasteiger partial charge in [-0.1, -0.05) is 12.1 Å². The SMILES string of the molecule is O=Cc1cc2cc(B(O)O)ccc2o1. The Hall–Kier alpha value is -1.59. The summed E-state index contributed by atoms with van der Waals surface area (Å²) < 4.78 is 5.12. The monoisotopic (exact) mass is 190 g/mol. The highest BCUT2D eigenvalue weighted by Crippen LogP contribution is 2.16. The van der Waals surface area contributed by atoms with E-state index in [0.717, 1.165) is 0 Å². The van der Waals surface area contributed by atoms with Crippen LogP contribution in [0.5, 0.6) is 0 Å². The van der Waals surface area contributed by atoms with Crippen molar-refractivity contribution in [3.63, 3.8) is 0 Å². The van der Waals surface area contributed by atoms with Gasteiger partial charge >= 0.3 is 7.12 Å². The number of aldehydes is 1. The van der Waals surface area contributed by atoms with Crippen LogP contribution in [-0.2, 0) is 0 Å². The summed E-state index contributed by atoms with van der Waals surface area (Å²) in [6.45, 7) is 0. The third kappa shape index (κ3) is 1.43. The lowest BCUT2D eigenvalue weighted by atomic mass is 9.80. The maximum Gasteiger partial charge on any atom is 0.488 e. The van der Waals surface area contributed by atoms with Gasteiger partial charge in [0.05, 0.1) is 0 Å². The van der Waals surface area contributed by atoms with Crippen molar-refractivity contribution in [2.45, 2.75) is 0 Å². The molecule has 14 heavy (non-hydrogen) atoms. The average Bonchev–Trinajstić information content (AvgIpc) is 2.58. The molecular weight excluding hydrogens is 183 g/mol. The Balaban J connectivity index is 2.59. The van der Waals surface area contributed by atoms with E-state index < -0.39 is 7.12 Å². The van der Waals surface area contributed by atoms with Crippen molar-refractivity contribution in [2.75, 3.05) is 0 Å². The van der Waals surface area contributed by atoms with Crippen LogP contribution >= 0.6 is 0 Å². The topological polar surface area (TPSA) is 70.7 Å². The van der Waals surface area contributed by atoms with E-state index in [4.69, 9.17) is 14.5 Å². The van der Waals surface area contributed by atoms with Gasteiger partial charge in [-0.15, -0.1) is 0 Å². The number of furan rings is 1. The summed E-state index contributed by atoms with van der Waals surface area (Å²) in [7, 11) is -1.51. The van der Waals surface area contributed by atoms with E-state index in [-0.39, 0.29) is 5.76 Å². The Morgan fingerprint density at radius 3 is 2.71 bits per heavy atom. The molecule has 0 aliphatic carbocycles. The molecule has 0 spiro atoms. The van der Waals surface area contributed by atoms with E-state index in [9.17, 15) is 4.79 Å². The largest absolute Gasteiger partial charge is 0.488 e. The van der Waals surface area contributed by atoms with Gasteiger partial charge in [0, 0.05) is 5.39 Å². The summed E-state index contributed by atoms with van der Waals surface area (Å²) in [5.74, 6) is 0.226. The Morgan fingerprint density at radius 2 is 2.07 bits per heavy atom. The fourth-order valence-corrected chi connectivity index (χ4v) is 1.30. The van der Waals surface area contributed by atoms with Crippen molar-refractivity contribution in [3.8, 4) is 0 Å². The van der Waals surface area contributed by atoms with E-state index in [1.165, 1.54) is 6.07 Å². The Kier molecular flexibility index (Phi) is 2.11. The highest BCUT2D eigenvalue weighted by molar-refractivity contribution is 6.58. The first-order valence-electron chi connectivity index (χ1n) is 4.05. The maximum absolute atomic E-state index is 10.4. The van der Waals surface area contributed by atoms with E-state index >= 15 is 0 Å². The van der Waals surface area contributed by atoms with Crippen LogP contribution in [0.15, 0.2) is 28.7 Å². The number of carbonyl (C=O) groups excluding carboxylic acids is 1. The van der Waals surface area contributed by atoms with Gasteiger partial charge in [0.1, 0.15) is 5.58 Å². The third-order valence-corrected chi connectivity index (χ3v) is 1.97. The van der Waals surface area contributed by atoms with Crippen LogP contribution in [0.1, 0.15) is 10.6 Å². The first-order valence-corrected chi connectivity index (χ1v) is 4.05. The minimum atomic E-state index is -1.51. The van der Waals surface area contributed by atoms with Crippen LogP contribution in [0, 0.1) is 0 Å². The second-order valence-electron chi connectivity index (χ2n) is 2.94. The number of hydrogen-bond donors (Lipinski definition) is 2. The molecule has 0 atom stereocenters. The summed E-state index contributed by atoms with van der Waals surface area (Å²) in [4.78, 5) is 10.4. The number of rotatable bonds is 2. The molecule has 2 aromatic rings. The first kappa shape index (κ1) is 8.99. The minimum absolute atomic E-state index is 0.226. The number of hydrogen-bond acceptors (Lipinski definition) is 4. The smallest absolute Gasteiger partial charge is 0.453 e. The number of fused-ring (bicyclic) bond motifs is 1. The molecule has 0 bridgehead atoms. The fourth-order valence-electron chi connectivity index (χ4n) is 1.30. The molecule has 0 radical (unpaired) electrons. The second-order valence-corrected chi connectivity index (χ2v) is 2.94. The Labute approximate surface area is 79.9 Å². The van der Waals surface area contributed by atoms with Crippen molar-refractivity contribution in [1.29, 1.82) is 0 Å². The lowest BCUT2D eigenvalue weighted by Crippen LogP contribution is -2.29. The predicted molar refractivity (Wildman–Crippen MR) is 51.4 cm³/mol. The summed E-state index contributed by atoms with van der Waals surface area (Å²) in [5.41, 5.74) is 0.923. The summed E-state index contributed by atoms with van der Waals surface area (Å²) in [6.07, 6.45) is 0.606.